The normalized spacial score (nSPS) is 12.7. The van der Waals surface area contributed by atoms with E-state index < -0.39 is 15.6 Å². The predicted octanol–water partition coefficient (Wildman–Crippen LogP) is 1.89. The van der Waals surface area contributed by atoms with Crippen LogP contribution in [0.3, 0.4) is 0 Å². The monoisotopic (exact) mass is 314 g/mol. The van der Waals surface area contributed by atoms with Crippen molar-refractivity contribution in [1.82, 2.24) is 10.0 Å². The molecule has 1 aromatic rings. The summed E-state index contributed by atoms with van der Waals surface area (Å²) in [4.78, 5) is 0. The number of ether oxygens (including phenoxy) is 1. The van der Waals surface area contributed by atoms with Crippen LogP contribution < -0.4 is 14.8 Å². The van der Waals surface area contributed by atoms with E-state index in [1.807, 2.05) is 52.0 Å². The number of rotatable bonds is 8. The Bertz CT molecular complexity index is 554. The summed E-state index contributed by atoms with van der Waals surface area (Å²) < 4.78 is 30.8. The summed E-state index contributed by atoms with van der Waals surface area (Å²) in [5.41, 5.74) is 0.572. The minimum atomic E-state index is -3.21. The van der Waals surface area contributed by atoms with Gasteiger partial charge in [0.05, 0.1) is 12.4 Å². The van der Waals surface area contributed by atoms with Gasteiger partial charge in [-0.05, 0) is 45.4 Å². The molecular weight excluding hydrogens is 288 g/mol. The molecule has 0 saturated heterocycles. The van der Waals surface area contributed by atoms with Crippen molar-refractivity contribution in [2.24, 2.45) is 0 Å². The molecule has 0 amide bonds. The lowest BCUT2D eigenvalue weighted by Gasteiger charge is -2.25. The first-order valence-electron chi connectivity index (χ1n) is 7.03. The van der Waals surface area contributed by atoms with Crippen molar-refractivity contribution in [2.45, 2.75) is 45.9 Å². The van der Waals surface area contributed by atoms with E-state index in [1.54, 1.807) is 0 Å². The van der Waals surface area contributed by atoms with E-state index in [1.165, 1.54) is 6.26 Å². The third-order valence-corrected chi connectivity index (χ3v) is 3.55. The Balaban J connectivity index is 2.52. The van der Waals surface area contributed by atoms with Gasteiger partial charge in [-0.15, -0.1) is 0 Å². The number of hydrogen-bond acceptors (Lipinski definition) is 4. The van der Waals surface area contributed by atoms with Crippen molar-refractivity contribution >= 4 is 10.0 Å². The van der Waals surface area contributed by atoms with Crippen molar-refractivity contribution in [1.29, 1.82) is 0 Å². The number of benzene rings is 1. The highest BCUT2D eigenvalue weighted by Gasteiger charge is 2.21. The van der Waals surface area contributed by atoms with Gasteiger partial charge in [0.25, 0.3) is 0 Å². The Morgan fingerprint density at radius 1 is 1.29 bits per heavy atom. The van der Waals surface area contributed by atoms with E-state index in [-0.39, 0.29) is 6.10 Å². The molecule has 0 spiro atoms. The second-order valence-electron chi connectivity index (χ2n) is 6.18. The van der Waals surface area contributed by atoms with E-state index >= 15 is 0 Å². The summed E-state index contributed by atoms with van der Waals surface area (Å²) >= 11 is 0. The topological polar surface area (TPSA) is 67.4 Å². The highest BCUT2D eigenvalue weighted by Crippen LogP contribution is 2.15. The van der Waals surface area contributed by atoms with Crippen molar-refractivity contribution in [2.75, 3.05) is 12.8 Å². The minimum Gasteiger partial charge on any atom is -0.491 e. The van der Waals surface area contributed by atoms with Gasteiger partial charge in [-0.25, -0.2) is 13.1 Å². The molecule has 6 heteroatoms. The molecule has 1 rings (SSSR count). The first kappa shape index (κ1) is 17.9. The molecular formula is C15H26N2O3S. The van der Waals surface area contributed by atoms with Crippen LogP contribution in [0.5, 0.6) is 5.75 Å². The fraction of sp³-hybridized carbons (Fsp3) is 0.600. The molecule has 1 aromatic carbocycles. The van der Waals surface area contributed by atoms with E-state index in [0.29, 0.717) is 13.1 Å². The fourth-order valence-electron chi connectivity index (χ4n) is 2.06. The molecule has 2 N–H and O–H groups in total. The highest BCUT2D eigenvalue weighted by molar-refractivity contribution is 7.88. The van der Waals surface area contributed by atoms with Crippen LogP contribution in [0.25, 0.3) is 0 Å². The first-order valence-corrected chi connectivity index (χ1v) is 8.92. The molecule has 0 aliphatic rings. The molecule has 0 aliphatic carbocycles. The van der Waals surface area contributed by atoms with Crippen LogP contribution in [-0.4, -0.2) is 32.9 Å². The average Bonchev–Trinajstić information content (AvgIpc) is 2.24. The van der Waals surface area contributed by atoms with Crippen LogP contribution >= 0.6 is 0 Å². The van der Waals surface area contributed by atoms with Crippen LogP contribution in [0.15, 0.2) is 24.3 Å². The molecule has 5 nitrogen and oxygen atoms in total. The zero-order valence-corrected chi connectivity index (χ0v) is 14.3. The maximum atomic E-state index is 11.3. The average molecular weight is 314 g/mol. The van der Waals surface area contributed by atoms with Gasteiger partial charge < -0.3 is 10.1 Å². The van der Waals surface area contributed by atoms with Gasteiger partial charge >= 0.3 is 0 Å². The fourth-order valence-corrected chi connectivity index (χ4v) is 3.13. The largest absolute Gasteiger partial charge is 0.491 e. The number of sulfonamides is 1. The summed E-state index contributed by atoms with van der Waals surface area (Å²) in [5, 5.41) is 3.26. The Kier molecular flexibility index (Phi) is 6.19. The highest BCUT2D eigenvalue weighted by atomic mass is 32.2. The molecule has 0 aliphatic heterocycles. The molecule has 0 aromatic heterocycles. The SMILES string of the molecule is CC(C)Oc1cccc(CNCC(C)(C)NS(C)(=O)=O)c1. The van der Waals surface area contributed by atoms with E-state index in [0.717, 1.165) is 11.3 Å². The second-order valence-corrected chi connectivity index (χ2v) is 7.92. The Morgan fingerprint density at radius 3 is 2.52 bits per heavy atom. The zero-order valence-electron chi connectivity index (χ0n) is 13.4. The summed E-state index contributed by atoms with van der Waals surface area (Å²) in [5.74, 6) is 0.845. The lowest BCUT2D eigenvalue weighted by molar-refractivity contribution is 0.242. The van der Waals surface area contributed by atoms with E-state index in [9.17, 15) is 8.42 Å². The second kappa shape index (κ2) is 7.24. The predicted molar refractivity (Wildman–Crippen MR) is 86.0 cm³/mol. The quantitative estimate of drug-likeness (QED) is 0.769. The molecule has 21 heavy (non-hydrogen) atoms. The molecule has 0 fully saturated rings. The van der Waals surface area contributed by atoms with Gasteiger partial charge in [-0.2, -0.15) is 0 Å². The maximum Gasteiger partial charge on any atom is 0.209 e. The Morgan fingerprint density at radius 2 is 1.95 bits per heavy atom. The van der Waals surface area contributed by atoms with Crippen molar-refractivity contribution < 1.29 is 13.2 Å². The van der Waals surface area contributed by atoms with Crippen LogP contribution in [0.2, 0.25) is 0 Å². The molecule has 0 bridgehead atoms. The summed E-state index contributed by atoms with van der Waals surface area (Å²) in [6.45, 7) is 8.87. The third kappa shape index (κ3) is 8.04. The van der Waals surface area contributed by atoms with Crippen molar-refractivity contribution in [3.05, 3.63) is 29.8 Å². The third-order valence-electron chi connectivity index (χ3n) is 2.63. The summed E-state index contributed by atoms with van der Waals surface area (Å²) in [6.07, 6.45) is 1.31. The van der Waals surface area contributed by atoms with Crippen LogP contribution in [0.4, 0.5) is 0 Å². The van der Waals surface area contributed by atoms with Crippen molar-refractivity contribution in [3.63, 3.8) is 0 Å². The zero-order chi connectivity index (χ0) is 16.1. The lowest BCUT2D eigenvalue weighted by atomic mass is 10.1. The Hall–Kier alpha value is -1.11. The maximum absolute atomic E-state index is 11.3. The van der Waals surface area contributed by atoms with Gasteiger partial charge in [0, 0.05) is 18.6 Å². The molecule has 0 saturated carbocycles. The van der Waals surface area contributed by atoms with Gasteiger partial charge in [-0.1, -0.05) is 12.1 Å². The molecule has 0 radical (unpaired) electrons. The molecule has 0 unspecified atom stereocenters. The van der Waals surface area contributed by atoms with Gasteiger partial charge in [0.15, 0.2) is 0 Å². The standard InChI is InChI=1S/C15H26N2O3S/c1-12(2)20-14-8-6-7-13(9-14)10-16-11-15(3,4)17-21(5,18)19/h6-9,12,16-17H,10-11H2,1-5H3. The lowest BCUT2D eigenvalue weighted by Crippen LogP contribution is -2.49. The molecule has 120 valence electrons. The van der Waals surface area contributed by atoms with Crippen molar-refractivity contribution in [3.8, 4) is 5.75 Å². The van der Waals surface area contributed by atoms with Crippen LogP contribution in [0, 0.1) is 0 Å². The smallest absolute Gasteiger partial charge is 0.209 e. The molecule has 0 heterocycles. The van der Waals surface area contributed by atoms with Gasteiger partial charge in [0.1, 0.15) is 5.75 Å². The first-order chi connectivity index (χ1) is 9.57. The van der Waals surface area contributed by atoms with E-state index in [2.05, 4.69) is 10.0 Å². The number of hydrogen-bond donors (Lipinski definition) is 2. The van der Waals surface area contributed by atoms with Crippen LogP contribution in [0.1, 0.15) is 33.3 Å². The summed E-state index contributed by atoms with van der Waals surface area (Å²) in [6, 6.07) is 7.88. The van der Waals surface area contributed by atoms with E-state index in [4.69, 9.17) is 4.74 Å². The van der Waals surface area contributed by atoms with Gasteiger partial charge in [-0.3, -0.25) is 0 Å². The molecule has 0 atom stereocenters. The van der Waals surface area contributed by atoms with Gasteiger partial charge in [0.2, 0.25) is 10.0 Å². The number of nitrogens with one attached hydrogen (secondary N) is 2. The Labute approximate surface area is 128 Å². The van der Waals surface area contributed by atoms with Crippen LogP contribution in [-0.2, 0) is 16.6 Å². The minimum absolute atomic E-state index is 0.145. The summed E-state index contributed by atoms with van der Waals surface area (Å²) in [7, 11) is -3.21.